The van der Waals surface area contributed by atoms with E-state index in [2.05, 4.69) is 17.6 Å². The average molecular weight is 407 g/mol. The summed E-state index contributed by atoms with van der Waals surface area (Å²) >= 11 is 11.1. The number of rotatable bonds is 8. The molecule has 2 rings (SSSR count). The maximum atomic E-state index is 12.2. The van der Waals surface area contributed by atoms with E-state index >= 15 is 0 Å². The molecule has 0 aliphatic heterocycles. The molecule has 0 spiro atoms. The lowest BCUT2D eigenvalue weighted by atomic mass is 10.2. The third-order valence-electron chi connectivity index (χ3n) is 3.75. The number of thiocarbonyl (C=S) groups is 1. The number of methoxy groups -OCH3 is 1. The molecule has 0 heterocycles. The molecule has 0 aliphatic rings. The Hall–Kier alpha value is -2.31. The van der Waals surface area contributed by atoms with Gasteiger partial charge in [0.1, 0.15) is 0 Å². The summed E-state index contributed by atoms with van der Waals surface area (Å²) in [6, 6.07) is 12.4. The van der Waals surface area contributed by atoms with Crippen LogP contribution in [0.2, 0.25) is 5.02 Å². The van der Waals surface area contributed by atoms with Gasteiger partial charge in [-0.1, -0.05) is 37.1 Å². The second kappa shape index (κ2) is 10.7. The molecule has 0 fully saturated rings. The molecule has 0 aromatic heterocycles. The molecular weight excluding hydrogens is 384 g/mol. The van der Waals surface area contributed by atoms with Crippen molar-refractivity contribution < 1.29 is 14.3 Å². The Bertz CT molecular complexity index is 799. The van der Waals surface area contributed by atoms with Gasteiger partial charge in [0.2, 0.25) is 0 Å². The molecule has 0 saturated heterocycles. The van der Waals surface area contributed by atoms with Crippen LogP contribution in [0, 0.1) is 0 Å². The van der Waals surface area contributed by atoms with Gasteiger partial charge in [0.05, 0.1) is 13.7 Å². The van der Waals surface area contributed by atoms with Crippen molar-refractivity contribution in [2.45, 2.75) is 26.3 Å². The Morgan fingerprint density at radius 1 is 1.19 bits per heavy atom. The number of unbranched alkanes of at least 4 members (excludes halogenated alkanes) is 1. The molecule has 2 aromatic carbocycles. The van der Waals surface area contributed by atoms with Crippen LogP contribution in [0.4, 0.5) is 0 Å². The van der Waals surface area contributed by atoms with Crippen molar-refractivity contribution in [1.82, 2.24) is 10.6 Å². The third kappa shape index (κ3) is 6.73. The lowest BCUT2D eigenvalue weighted by molar-refractivity contribution is 0.0976. The fourth-order valence-electron chi connectivity index (χ4n) is 2.30. The van der Waals surface area contributed by atoms with Crippen LogP contribution < -0.4 is 20.1 Å². The van der Waals surface area contributed by atoms with Crippen LogP contribution >= 0.6 is 23.8 Å². The first kappa shape index (κ1) is 21.0. The molecule has 5 nitrogen and oxygen atoms in total. The lowest BCUT2D eigenvalue weighted by Crippen LogP contribution is -2.38. The van der Waals surface area contributed by atoms with Crippen LogP contribution in [-0.2, 0) is 6.54 Å². The van der Waals surface area contributed by atoms with Gasteiger partial charge < -0.3 is 14.8 Å². The highest BCUT2D eigenvalue weighted by atomic mass is 35.5. The zero-order valence-corrected chi connectivity index (χ0v) is 17.0. The highest BCUT2D eigenvalue weighted by molar-refractivity contribution is 7.80. The van der Waals surface area contributed by atoms with Crippen LogP contribution in [0.25, 0.3) is 0 Å². The summed E-state index contributed by atoms with van der Waals surface area (Å²) in [6.07, 6.45) is 2.07. The standard InChI is InChI=1S/C20H23ClN2O3S/c1-3-4-10-26-17-9-8-14(11-18(17)25-2)13-22-20(27)23-19(24)15-6-5-7-16(21)12-15/h5-9,11-12H,3-4,10,13H2,1-2H3,(H2,22,23,24,27). The van der Waals surface area contributed by atoms with E-state index in [4.69, 9.17) is 33.3 Å². The van der Waals surface area contributed by atoms with Crippen molar-refractivity contribution in [3.8, 4) is 11.5 Å². The van der Waals surface area contributed by atoms with Crippen LogP contribution in [-0.4, -0.2) is 24.7 Å². The number of halogens is 1. The molecular formula is C20H23ClN2O3S. The minimum absolute atomic E-state index is 0.238. The Kier molecular flexibility index (Phi) is 8.36. The van der Waals surface area contributed by atoms with Gasteiger partial charge in [0, 0.05) is 17.1 Å². The Labute approximate surface area is 170 Å². The molecule has 2 aromatic rings. The van der Waals surface area contributed by atoms with Crippen LogP contribution in [0.3, 0.4) is 0 Å². The van der Waals surface area contributed by atoms with E-state index in [0.29, 0.717) is 35.2 Å². The van der Waals surface area contributed by atoms with Crippen molar-refractivity contribution in [3.05, 3.63) is 58.6 Å². The number of nitrogens with one attached hydrogen (secondary N) is 2. The van der Waals surface area contributed by atoms with Gasteiger partial charge in [-0.15, -0.1) is 0 Å². The molecule has 2 N–H and O–H groups in total. The zero-order valence-electron chi connectivity index (χ0n) is 15.4. The normalized spacial score (nSPS) is 10.2. The number of carbonyl (C=O) groups is 1. The monoisotopic (exact) mass is 406 g/mol. The van der Waals surface area contributed by atoms with Gasteiger partial charge in [-0.3, -0.25) is 10.1 Å². The van der Waals surface area contributed by atoms with Crippen molar-refractivity contribution in [2.24, 2.45) is 0 Å². The van der Waals surface area contributed by atoms with Gasteiger partial charge in [0.25, 0.3) is 5.91 Å². The average Bonchev–Trinajstić information content (AvgIpc) is 2.67. The molecule has 0 unspecified atom stereocenters. The fraction of sp³-hybridized carbons (Fsp3) is 0.300. The molecule has 0 bridgehead atoms. The van der Waals surface area contributed by atoms with Gasteiger partial charge in [-0.2, -0.15) is 0 Å². The third-order valence-corrected chi connectivity index (χ3v) is 4.23. The van der Waals surface area contributed by atoms with Crippen molar-refractivity contribution >= 4 is 34.8 Å². The maximum absolute atomic E-state index is 12.2. The summed E-state index contributed by atoms with van der Waals surface area (Å²) in [6.45, 7) is 3.22. The van der Waals surface area contributed by atoms with E-state index in [1.165, 1.54) is 0 Å². The molecule has 0 saturated carbocycles. The molecule has 0 atom stereocenters. The summed E-state index contributed by atoms with van der Waals surface area (Å²) in [4.78, 5) is 12.2. The largest absolute Gasteiger partial charge is 0.493 e. The first-order valence-electron chi connectivity index (χ1n) is 8.68. The summed E-state index contributed by atoms with van der Waals surface area (Å²) in [5.74, 6) is 1.07. The van der Waals surface area contributed by atoms with Gasteiger partial charge in [-0.25, -0.2) is 0 Å². The quantitative estimate of drug-likeness (QED) is 0.504. The van der Waals surface area contributed by atoms with E-state index in [1.807, 2.05) is 18.2 Å². The second-order valence-electron chi connectivity index (χ2n) is 5.83. The van der Waals surface area contributed by atoms with Gasteiger partial charge >= 0.3 is 0 Å². The Morgan fingerprint density at radius 2 is 2.00 bits per heavy atom. The highest BCUT2D eigenvalue weighted by Crippen LogP contribution is 2.28. The fourth-order valence-corrected chi connectivity index (χ4v) is 2.65. The Morgan fingerprint density at radius 3 is 2.70 bits per heavy atom. The molecule has 144 valence electrons. The van der Waals surface area contributed by atoms with Crippen molar-refractivity contribution in [1.29, 1.82) is 0 Å². The summed E-state index contributed by atoms with van der Waals surface area (Å²) in [5, 5.41) is 6.38. The van der Waals surface area contributed by atoms with Crippen molar-refractivity contribution in [3.63, 3.8) is 0 Å². The second-order valence-corrected chi connectivity index (χ2v) is 6.68. The number of hydrogen-bond donors (Lipinski definition) is 2. The highest BCUT2D eigenvalue weighted by Gasteiger charge is 2.09. The predicted octanol–water partition coefficient (Wildman–Crippen LogP) is 4.33. The van der Waals surface area contributed by atoms with E-state index < -0.39 is 0 Å². The minimum atomic E-state index is -0.313. The summed E-state index contributed by atoms with van der Waals surface area (Å²) in [5.41, 5.74) is 1.40. The number of carbonyl (C=O) groups excluding carboxylic acids is 1. The molecule has 0 aliphatic carbocycles. The predicted molar refractivity (Wildman–Crippen MR) is 112 cm³/mol. The first-order valence-corrected chi connectivity index (χ1v) is 9.46. The van der Waals surface area contributed by atoms with Crippen LogP contribution in [0.5, 0.6) is 11.5 Å². The van der Waals surface area contributed by atoms with Crippen molar-refractivity contribution in [2.75, 3.05) is 13.7 Å². The van der Waals surface area contributed by atoms with E-state index in [9.17, 15) is 4.79 Å². The van der Waals surface area contributed by atoms with E-state index in [1.54, 1.807) is 31.4 Å². The minimum Gasteiger partial charge on any atom is -0.493 e. The Balaban J connectivity index is 1.89. The summed E-state index contributed by atoms with van der Waals surface area (Å²) < 4.78 is 11.1. The number of amides is 1. The molecule has 0 radical (unpaired) electrons. The van der Waals surface area contributed by atoms with Crippen LogP contribution in [0.1, 0.15) is 35.7 Å². The SMILES string of the molecule is CCCCOc1ccc(CNC(=S)NC(=O)c2cccc(Cl)c2)cc1OC. The molecule has 7 heteroatoms. The van der Waals surface area contributed by atoms with E-state index in [0.717, 1.165) is 18.4 Å². The molecule has 27 heavy (non-hydrogen) atoms. The smallest absolute Gasteiger partial charge is 0.257 e. The number of hydrogen-bond acceptors (Lipinski definition) is 4. The first-order chi connectivity index (χ1) is 13.0. The van der Waals surface area contributed by atoms with Gasteiger partial charge in [-0.05, 0) is 54.5 Å². The number of ether oxygens (including phenoxy) is 2. The van der Waals surface area contributed by atoms with E-state index in [-0.39, 0.29) is 11.0 Å². The topological polar surface area (TPSA) is 59.6 Å². The lowest BCUT2D eigenvalue weighted by Gasteiger charge is -2.13. The van der Waals surface area contributed by atoms with Crippen LogP contribution in [0.15, 0.2) is 42.5 Å². The summed E-state index contributed by atoms with van der Waals surface area (Å²) in [7, 11) is 1.61. The molecule has 1 amide bonds. The van der Waals surface area contributed by atoms with Gasteiger partial charge in [0.15, 0.2) is 16.6 Å². The maximum Gasteiger partial charge on any atom is 0.257 e. The zero-order chi connectivity index (χ0) is 19.6. The number of benzene rings is 2.